The zero-order chi connectivity index (χ0) is 16.7. The molecule has 2 amide bonds. The molecule has 0 aromatic heterocycles. The van der Waals surface area contributed by atoms with E-state index in [1.54, 1.807) is 12.1 Å². The lowest BCUT2D eigenvalue weighted by Gasteiger charge is -2.28. The van der Waals surface area contributed by atoms with Gasteiger partial charge in [0.1, 0.15) is 5.82 Å². The molecule has 1 aromatic rings. The van der Waals surface area contributed by atoms with Crippen LogP contribution in [0, 0.1) is 5.82 Å². The molecule has 1 saturated carbocycles. The first-order valence-electron chi connectivity index (χ1n) is 8.20. The summed E-state index contributed by atoms with van der Waals surface area (Å²) in [5.41, 5.74) is 1.03. The highest BCUT2D eigenvalue weighted by atomic mass is 19.1. The van der Waals surface area contributed by atoms with Crippen molar-refractivity contribution in [2.45, 2.75) is 44.4 Å². The Bertz CT molecular complexity index is 495. The Kier molecular flexibility index (Phi) is 6.80. The van der Waals surface area contributed by atoms with Gasteiger partial charge in [-0.05, 0) is 37.6 Å². The molecule has 0 aliphatic heterocycles. The molecule has 0 unspecified atom stereocenters. The summed E-state index contributed by atoms with van der Waals surface area (Å²) in [6.07, 6.45) is 3.22. The molecule has 2 atom stereocenters. The smallest absolute Gasteiger partial charge is 0.315 e. The normalized spacial score (nSPS) is 21.2. The van der Waals surface area contributed by atoms with Crippen LogP contribution in [0.5, 0.6) is 0 Å². The lowest BCUT2D eigenvalue weighted by atomic mass is 9.93. The molecule has 0 bridgehead atoms. The van der Waals surface area contributed by atoms with Crippen molar-refractivity contribution in [3.8, 4) is 0 Å². The number of carbonyl (C=O) groups excluding carboxylic acids is 1. The van der Waals surface area contributed by atoms with Crippen LogP contribution >= 0.6 is 0 Å². The minimum Gasteiger partial charge on any atom is -0.391 e. The van der Waals surface area contributed by atoms with E-state index < -0.39 is 6.10 Å². The van der Waals surface area contributed by atoms with Crippen LogP contribution in [0.1, 0.15) is 31.2 Å². The predicted octanol–water partition coefficient (Wildman–Crippen LogP) is 1.86. The van der Waals surface area contributed by atoms with Crippen LogP contribution in [-0.4, -0.2) is 48.3 Å². The number of aliphatic hydroxyl groups excluding tert-OH is 1. The van der Waals surface area contributed by atoms with Crippen LogP contribution in [0.3, 0.4) is 0 Å². The van der Waals surface area contributed by atoms with Crippen LogP contribution in [0.15, 0.2) is 24.3 Å². The highest BCUT2D eigenvalue weighted by Gasteiger charge is 2.24. The largest absolute Gasteiger partial charge is 0.391 e. The predicted molar refractivity (Wildman–Crippen MR) is 87.5 cm³/mol. The highest BCUT2D eigenvalue weighted by Crippen LogP contribution is 2.18. The number of carbonyl (C=O) groups is 1. The zero-order valence-corrected chi connectivity index (χ0v) is 13.6. The maximum absolute atomic E-state index is 12.8. The number of nitrogens with zero attached hydrogens (tertiary/aromatic N) is 1. The molecule has 1 aromatic carbocycles. The molecule has 3 N–H and O–H groups in total. The van der Waals surface area contributed by atoms with Gasteiger partial charge >= 0.3 is 6.03 Å². The molecule has 128 valence electrons. The van der Waals surface area contributed by atoms with Crippen molar-refractivity contribution in [1.29, 1.82) is 0 Å². The molecule has 6 heteroatoms. The SMILES string of the molecule is CN(CCNC(=O)N[C@H]1CCCC[C@H]1O)Cc1ccc(F)cc1. The highest BCUT2D eigenvalue weighted by molar-refractivity contribution is 5.74. The van der Waals surface area contributed by atoms with Crippen LogP contribution in [0.2, 0.25) is 0 Å². The summed E-state index contributed by atoms with van der Waals surface area (Å²) < 4.78 is 12.8. The average molecular weight is 323 g/mol. The van der Waals surface area contributed by atoms with Crippen molar-refractivity contribution in [2.24, 2.45) is 0 Å². The molecule has 0 saturated heterocycles. The molecule has 0 heterocycles. The minimum atomic E-state index is -0.435. The number of amides is 2. The second kappa shape index (κ2) is 8.84. The van der Waals surface area contributed by atoms with Gasteiger partial charge in [-0.2, -0.15) is 0 Å². The molecule has 5 nitrogen and oxygen atoms in total. The van der Waals surface area contributed by atoms with Gasteiger partial charge in [0.25, 0.3) is 0 Å². The molecule has 0 spiro atoms. The number of halogens is 1. The first-order chi connectivity index (χ1) is 11.0. The summed E-state index contributed by atoms with van der Waals surface area (Å²) in [6.45, 7) is 1.91. The summed E-state index contributed by atoms with van der Waals surface area (Å²) >= 11 is 0. The number of aliphatic hydroxyl groups is 1. The molecule has 1 aliphatic carbocycles. The summed E-state index contributed by atoms with van der Waals surface area (Å²) in [5.74, 6) is -0.236. The van der Waals surface area contributed by atoms with E-state index in [0.29, 0.717) is 19.6 Å². The topological polar surface area (TPSA) is 64.6 Å². The fourth-order valence-corrected chi connectivity index (χ4v) is 2.84. The van der Waals surface area contributed by atoms with E-state index in [1.807, 2.05) is 7.05 Å². The van der Waals surface area contributed by atoms with Crippen molar-refractivity contribution in [1.82, 2.24) is 15.5 Å². The van der Waals surface area contributed by atoms with E-state index in [0.717, 1.165) is 31.2 Å². The quantitative estimate of drug-likeness (QED) is 0.749. The van der Waals surface area contributed by atoms with Gasteiger partial charge in [-0.3, -0.25) is 0 Å². The van der Waals surface area contributed by atoms with Crippen LogP contribution in [0.25, 0.3) is 0 Å². The van der Waals surface area contributed by atoms with E-state index in [1.165, 1.54) is 12.1 Å². The third-order valence-electron chi connectivity index (χ3n) is 4.19. The Labute approximate surface area is 136 Å². The van der Waals surface area contributed by atoms with Crippen molar-refractivity contribution in [3.63, 3.8) is 0 Å². The molecular formula is C17H26FN3O2. The molecule has 1 fully saturated rings. The van der Waals surface area contributed by atoms with Gasteiger partial charge in [0, 0.05) is 19.6 Å². The standard InChI is InChI=1S/C17H26FN3O2/c1-21(12-13-6-8-14(18)9-7-13)11-10-19-17(23)20-15-4-2-3-5-16(15)22/h6-9,15-16,22H,2-5,10-12H2,1H3,(H2,19,20,23)/t15-,16+/m0/s1. The van der Waals surface area contributed by atoms with Gasteiger partial charge in [0.2, 0.25) is 0 Å². The first-order valence-corrected chi connectivity index (χ1v) is 8.20. The zero-order valence-electron chi connectivity index (χ0n) is 13.6. The van der Waals surface area contributed by atoms with Gasteiger partial charge in [0.15, 0.2) is 0 Å². The number of benzene rings is 1. The fourth-order valence-electron chi connectivity index (χ4n) is 2.84. The van der Waals surface area contributed by atoms with E-state index >= 15 is 0 Å². The second-order valence-corrected chi connectivity index (χ2v) is 6.22. The molecule has 23 heavy (non-hydrogen) atoms. The lowest BCUT2D eigenvalue weighted by molar-refractivity contribution is 0.0943. The molecule has 0 radical (unpaired) electrons. The maximum atomic E-state index is 12.8. The average Bonchev–Trinajstić information content (AvgIpc) is 2.52. The molecule has 1 aliphatic rings. The van der Waals surface area contributed by atoms with Gasteiger partial charge in [-0.1, -0.05) is 25.0 Å². The van der Waals surface area contributed by atoms with Gasteiger partial charge in [-0.25, -0.2) is 9.18 Å². The summed E-state index contributed by atoms with van der Waals surface area (Å²) in [6, 6.07) is 6.05. The van der Waals surface area contributed by atoms with E-state index in [-0.39, 0.29) is 17.9 Å². The number of hydrogen-bond acceptors (Lipinski definition) is 3. The van der Waals surface area contributed by atoms with Crippen molar-refractivity contribution >= 4 is 6.03 Å². The van der Waals surface area contributed by atoms with Gasteiger partial charge in [-0.15, -0.1) is 0 Å². The summed E-state index contributed by atoms with van der Waals surface area (Å²) in [7, 11) is 1.95. The van der Waals surface area contributed by atoms with Crippen molar-refractivity contribution in [2.75, 3.05) is 20.1 Å². The molecule has 2 rings (SSSR count). The Morgan fingerprint density at radius 1 is 1.30 bits per heavy atom. The lowest BCUT2D eigenvalue weighted by Crippen LogP contribution is -2.49. The monoisotopic (exact) mass is 323 g/mol. The second-order valence-electron chi connectivity index (χ2n) is 6.22. The van der Waals surface area contributed by atoms with Crippen LogP contribution in [0.4, 0.5) is 9.18 Å². The van der Waals surface area contributed by atoms with Gasteiger partial charge in [0.05, 0.1) is 12.1 Å². The summed E-state index contributed by atoms with van der Waals surface area (Å²) in [5, 5.41) is 15.5. The maximum Gasteiger partial charge on any atom is 0.315 e. The van der Waals surface area contributed by atoms with Gasteiger partial charge < -0.3 is 20.6 Å². The Hall–Kier alpha value is -1.66. The van der Waals surface area contributed by atoms with Crippen LogP contribution < -0.4 is 10.6 Å². The molecular weight excluding hydrogens is 297 g/mol. The van der Waals surface area contributed by atoms with Crippen molar-refractivity contribution in [3.05, 3.63) is 35.6 Å². The number of rotatable bonds is 6. The number of hydrogen-bond donors (Lipinski definition) is 3. The Morgan fingerprint density at radius 3 is 2.70 bits per heavy atom. The minimum absolute atomic E-state index is 0.138. The van der Waals surface area contributed by atoms with Crippen LogP contribution in [-0.2, 0) is 6.54 Å². The fraction of sp³-hybridized carbons (Fsp3) is 0.588. The van der Waals surface area contributed by atoms with E-state index in [2.05, 4.69) is 15.5 Å². The van der Waals surface area contributed by atoms with E-state index in [9.17, 15) is 14.3 Å². The third-order valence-corrected chi connectivity index (χ3v) is 4.19. The number of likely N-dealkylation sites (N-methyl/N-ethyl adjacent to an activating group) is 1. The van der Waals surface area contributed by atoms with E-state index in [4.69, 9.17) is 0 Å². The van der Waals surface area contributed by atoms with Crippen molar-refractivity contribution < 1.29 is 14.3 Å². The Morgan fingerprint density at radius 2 is 2.00 bits per heavy atom. The number of urea groups is 1. The first kappa shape index (κ1) is 17.7. The third kappa shape index (κ3) is 6.15. The Balaban J connectivity index is 1.63. The summed E-state index contributed by atoms with van der Waals surface area (Å²) in [4.78, 5) is 13.9. The number of nitrogens with one attached hydrogen (secondary N) is 2.